The molecular weight excluding hydrogens is 330 g/mol. The number of likely N-dealkylation sites (tertiary alicyclic amines) is 1. The summed E-state index contributed by atoms with van der Waals surface area (Å²) in [4.78, 5) is 2.53. The third kappa shape index (κ3) is 2.66. The molecule has 0 aliphatic carbocycles. The predicted octanol–water partition coefficient (Wildman–Crippen LogP) is 2.63. The molecule has 112 valence electrons. The van der Waals surface area contributed by atoms with Gasteiger partial charge in [-0.15, -0.1) is 0 Å². The van der Waals surface area contributed by atoms with Gasteiger partial charge in [-0.3, -0.25) is 14.3 Å². The van der Waals surface area contributed by atoms with E-state index in [9.17, 15) is 0 Å². The van der Waals surface area contributed by atoms with Gasteiger partial charge >= 0.3 is 0 Å². The van der Waals surface area contributed by atoms with Gasteiger partial charge in [-0.1, -0.05) is 0 Å². The van der Waals surface area contributed by atoms with Gasteiger partial charge in [-0.2, -0.15) is 10.2 Å². The summed E-state index contributed by atoms with van der Waals surface area (Å²) in [5.74, 6) is 0. The zero-order valence-electron chi connectivity index (χ0n) is 12.1. The molecule has 2 aromatic heterocycles. The lowest BCUT2D eigenvalue weighted by Gasteiger charge is -2.19. The molecule has 1 fully saturated rings. The highest BCUT2D eigenvalue weighted by Crippen LogP contribution is 2.26. The van der Waals surface area contributed by atoms with Crippen LogP contribution in [0.2, 0.25) is 0 Å². The fraction of sp³-hybridized carbons (Fsp3) is 0.600. The number of aromatic nitrogens is 4. The lowest BCUT2D eigenvalue weighted by atomic mass is 10.1. The van der Waals surface area contributed by atoms with E-state index in [1.54, 1.807) is 0 Å². The number of hydrogen-bond acceptors (Lipinski definition) is 3. The number of hydrogen-bond donors (Lipinski definition) is 0. The number of fused-ring (bicyclic) bond motifs is 1. The standard InChI is InChI=1S/C15H20BrN5/c16-13-8-18-21(10-13)14-4-6-19(11-14)9-12-7-17-20-5-2-1-3-15(12)20/h7-8,10,14H,1-6,9,11H2. The molecule has 0 bridgehead atoms. The third-order valence-electron chi connectivity index (χ3n) is 4.65. The Kier molecular flexibility index (Phi) is 3.59. The Hall–Kier alpha value is -1.14. The van der Waals surface area contributed by atoms with E-state index >= 15 is 0 Å². The van der Waals surface area contributed by atoms with E-state index in [0.717, 1.165) is 30.7 Å². The number of halogens is 1. The van der Waals surface area contributed by atoms with Crippen LogP contribution in [0.5, 0.6) is 0 Å². The maximum absolute atomic E-state index is 4.55. The normalized spacial score (nSPS) is 22.6. The summed E-state index contributed by atoms with van der Waals surface area (Å²) >= 11 is 3.48. The highest BCUT2D eigenvalue weighted by atomic mass is 79.9. The first-order valence-electron chi connectivity index (χ1n) is 7.75. The number of nitrogens with zero attached hydrogens (tertiary/aromatic N) is 5. The Morgan fingerprint density at radius 3 is 3.00 bits per heavy atom. The zero-order chi connectivity index (χ0) is 14.2. The van der Waals surface area contributed by atoms with Crippen molar-refractivity contribution >= 4 is 15.9 Å². The van der Waals surface area contributed by atoms with Gasteiger partial charge in [0.25, 0.3) is 0 Å². The summed E-state index contributed by atoms with van der Waals surface area (Å²) in [6, 6.07) is 0.503. The Morgan fingerprint density at radius 2 is 2.14 bits per heavy atom. The van der Waals surface area contributed by atoms with Gasteiger partial charge in [0.1, 0.15) is 0 Å². The smallest absolute Gasteiger partial charge is 0.0658 e. The maximum atomic E-state index is 4.55. The molecule has 1 unspecified atom stereocenters. The van der Waals surface area contributed by atoms with Gasteiger partial charge in [0.15, 0.2) is 0 Å². The first-order chi connectivity index (χ1) is 10.3. The molecule has 0 spiro atoms. The van der Waals surface area contributed by atoms with Crippen LogP contribution in [0.3, 0.4) is 0 Å². The van der Waals surface area contributed by atoms with Crippen molar-refractivity contribution in [3.63, 3.8) is 0 Å². The second kappa shape index (κ2) is 5.57. The van der Waals surface area contributed by atoms with Crippen LogP contribution in [0.1, 0.15) is 36.6 Å². The van der Waals surface area contributed by atoms with E-state index in [0.29, 0.717) is 6.04 Å². The Morgan fingerprint density at radius 1 is 1.19 bits per heavy atom. The molecule has 2 aliphatic heterocycles. The highest BCUT2D eigenvalue weighted by Gasteiger charge is 2.26. The van der Waals surface area contributed by atoms with Gasteiger partial charge in [-0.25, -0.2) is 0 Å². The minimum Gasteiger partial charge on any atom is -0.297 e. The lowest BCUT2D eigenvalue weighted by Crippen LogP contribution is -2.22. The van der Waals surface area contributed by atoms with Crippen LogP contribution in [0.4, 0.5) is 0 Å². The maximum Gasteiger partial charge on any atom is 0.0658 e. The Labute approximate surface area is 133 Å². The molecular formula is C15H20BrN5. The quantitative estimate of drug-likeness (QED) is 0.854. The van der Waals surface area contributed by atoms with Crippen molar-refractivity contribution in [3.8, 4) is 0 Å². The van der Waals surface area contributed by atoms with Gasteiger partial charge in [-0.05, 0) is 41.6 Å². The average Bonchev–Trinajstić information content (AvgIpc) is 3.20. The zero-order valence-corrected chi connectivity index (χ0v) is 13.7. The van der Waals surface area contributed by atoms with Crippen molar-refractivity contribution in [2.24, 2.45) is 0 Å². The summed E-state index contributed by atoms with van der Waals surface area (Å²) in [6.07, 6.45) is 11.0. The third-order valence-corrected chi connectivity index (χ3v) is 5.06. The SMILES string of the molecule is Brc1cnn(C2CCN(Cc3cnn4c3CCCC4)C2)c1. The molecule has 2 aliphatic rings. The van der Waals surface area contributed by atoms with E-state index in [1.807, 2.05) is 6.20 Å². The molecule has 0 radical (unpaired) electrons. The second-order valence-electron chi connectivity index (χ2n) is 6.11. The van der Waals surface area contributed by atoms with Crippen LogP contribution in [0.15, 0.2) is 23.1 Å². The van der Waals surface area contributed by atoms with E-state index in [1.165, 1.54) is 36.9 Å². The lowest BCUT2D eigenvalue weighted by molar-refractivity contribution is 0.309. The topological polar surface area (TPSA) is 38.9 Å². The van der Waals surface area contributed by atoms with Gasteiger partial charge in [0, 0.05) is 43.6 Å². The molecule has 4 heterocycles. The number of aryl methyl sites for hydroxylation is 1. The van der Waals surface area contributed by atoms with Gasteiger partial charge in [0.05, 0.1) is 22.9 Å². The monoisotopic (exact) mass is 349 g/mol. The van der Waals surface area contributed by atoms with Crippen LogP contribution in [0.25, 0.3) is 0 Å². The molecule has 6 heteroatoms. The fourth-order valence-corrected chi connectivity index (χ4v) is 3.85. The van der Waals surface area contributed by atoms with Crippen LogP contribution in [-0.4, -0.2) is 37.6 Å². The summed E-state index contributed by atoms with van der Waals surface area (Å²) in [7, 11) is 0. The van der Waals surface area contributed by atoms with Gasteiger partial charge < -0.3 is 0 Å². The predicted molar refractivity (Wildman–Crippen MR) is 84.0 cm³/mol. The molecule has 1 saturated heterocycles. The first kappa shape index (κ1) is 13.5. The molecule has 0 saturated carbocycles. The minimum atomic E-state index is 0.503. The summed E-state index contributed by atoms with van der Waals surface area (Å²) in [5.41, 5.74) is 2.89. The van der Waals surface area contributed by atoms with Crippen LogP contribution < -0.4 is 0 Å². The largest absolute Gasteiger partial charge is 0.297 e. The fourth-order valence-electron chi connectivity index (χ4n) is 3.54. The Balaban J connectivity index is 1.43. The van der Waals surface area contributed by atoms with E-state index in [-0.39, 0.29) is 0 Å². The van der Waals surface area contributed by atoms with E-state index in [4.69, 9.17) is 0 Å². The highest BCUT2D eigenvalue weighted by molar-refractivity contribution is 9.10. The van der Waals surface area contributed by atoms with Crippen LogP contribution >= 0.6 is 15.9 Å². The average molecular weight is 350 g/mol. The van der Waals surface area contributed by atoms with Crippen molar-refractivity contribution in [1.82, 2.24) is 24.5 Å². The van der Waals surface area contributed by atoms with E-state index < -0.39 is 0 Å². The van der Waals surface area contributed by atoms with Crippen molar-refractivity contribution < 1.29 is 0 Å². The summed E-state index contributed by atoms with van der Waals surface area (Å²) in [5, 5.41) is 8.97. The number of rotatable bonds is 3. The minimum absolute atomic E-state index is 0.503. The van der Waals surface area contributed by atoms with E-state index in [2.05, 4.69) is 52.8 Å². The Bertz CT molecular complexity index is 632. The second-order valence-corrected chi connectivity index (χ2v) is 7.03. The summed E-state index contributed by atoms with van der Waals surface area (Å²) in [6.45, 7) is 4.36. The van der Waals surface area contributed by atoms with Crippen LogP contribution in [0, 0.1) is 0 Å². The molecule has 4 rings (SSSR count). The first-order valence-corrected chi connectivity index (χ1v) is 8.54. The van der Waals surface area contributed by atoms with Crippen molar-refractivity contribution in [2.75, 3.05) is 13.1 Å². The molecule has 0 N–H and O–H groups in total. The molecule has 21 heavy (non-hydrogen) atoms. The molecule has 0 amide bonds. The molecule has 5 nitrogen and oxygen atoms in total. The van der Waals surface area contributed by atoms with Crippen molar-refractivity contribution in [3.05, 3.63) is 34.3 Å². The molecule has 1 atom stereocenters. The summed E-state index contributed by atoms with van der Waals surface area (Å²) < 4.78 is 5.36. The van der Waals surface area contributed by atoms with Crippen molar-refractivity contribution in [2.45, 2.75) is 44.8 Å². The van der Waals surface area contributed by atoms with Crippen LogP contribution in [-0.2, 0) is 19.5 Å². The van der Waals surface area contributed by atoms with Crippen molar-refractivity contribution in [1.29, 1.82) is 0 Å². The molecule has 0 aromatic carbocycles. The molecule has 2 aromatic rings. The van der Waals surface area contributed by atoms with Gasteiger partial charge in [0.2, 0.25) is 0 Å².